The van der Waals surface area contributed by atoms with E-state index in [0.29, 0.717) is 29.6 Å². The molecular weight excluding hydrogens is 256 g/mol. The topological polar surface area (TPSA) is 36.9 Å². The summed E-state index contributed by atoms with van der Waals surface area (Å²) in [5.41, 5.74) is 0. The van der Waals surface area contributed by atoms with Crippen LogP contribution in [0.3, 0.4) is 0 Å². The summed E-state index contributed by atoms with van der Waals surface area (Å²) in [5, 5.41) is 0. The smallest absolute Gasteiger partial charge is 0.203 e. The number of unbranched alkanes of at least 4 members (excludes halogenated alkanes) is 4. The Morgan fingerprint density at radius 2 is 1.40 bits per heavy atom. The van der Waals surface area contributed by atoms with Crippen LogP contribution in [0, 0.1) is 0 Å². The minimum Gasteiger partial charge on any atom is -0.496 e. The summed E-state index contributed by atoms with van der Waals surface area (Å²) in [6.07, 6.45) is 6.03. The van der Waals surface area contributed by atoms with E-state index in [9.17, 15) is 0 Å². The lowest BCUT2D eigenvalue weighted by molar-refractivity contribution is 0.265. The Morgan fingerprint density at radius 3 is 1.90 bits per heavy atom. The highest BCUT2D eigenvalue weighted by Crippen LogP contribution is 2.41. The van der Waals surface area contributed by atoms with Crippen LogP contribution in [0.1, 0.15) is 39.0 Å². The molecule has 114 valence electrons. The fourth-order valence-electron chi connectivity index (χ4n) is 2.00. The summed E-state index contributed by atoms with van der Waals surface area (Å²) in [4.78, 5) is 0. The molecule has 0 aromatic heterocycles. The Balaban J connectivity index is 2.63. The molecule has 0 amide bonds. The Bertz CT molecular complexity index is 365. The molecule has 0 radical (unpaired) electrons. The van der Waals surface area contributed by atoms with Gasteiger partial charge >= 0.3 is 0 Å². The zero-order valence-electron chi connectivity index (χ0n) is 13.0. The lowest BCUT2D eigenvalue weighted by atomic mass is 10.2. The Kier molecular flexibility index (Phi) is 7.70. The van der Waals surface area contributed by atoms with E-state index in [0.717, 1.165) is 6.42 Å². The van der Waals surface area contributed by atoms with Crippen molar-refractivity contribution in [2.75, 3.05) is 27.9 Å². The summed E-state index contributed by atoms with van der Waals surface area (Å²) in [6, 6.07) is 3.60. The van der Waals surface area contributed by atoms with Gasteiger partial charge in [-0.05, 0) is 6.42 Å². The first-order chi connectivity index (χ1) is 9.76. The number of hydrogen-bond donors (Lipinski definition) is 0. The van der Waals surface area contributed by atoms with Gasteiger partial charge in [0, 0.05) is 12.1 Å². The van der Waals surface area contributed by atoms with Crippen molar-refractivity contribution in [1.82, 2.24) is 0 Å². The predicted molar refractivity (Wildman–Crippen MR) is 80.4 cm³/mol. The number of ether oxygens (including phenoxy) is 4. The summed E-state index contributed by atoms with van der Waals surface area (Å²) >= 11 is 0. The molecule has 4 heteroatoms. The molecule has 0 spiro atoms. The molecule has 4 nitrogen and oxygen atoms in total. The van der Waals surface area contributed by atoms with Crippen LogP contribution in [-0.4, -0.2) is 27.9 Å². The maximum absolute atomic E-state index is 5.82. The van der Waals surface area contributed by atoms with Crippen LogP contribution in [-0.2, 0) is 0 Å². The van der Waals surface area contributed by atoms with Crippen LogP contribution < -0.4 is 18.9 Å². The molecule has 1 aromatic carbocycles. The van der Waals surface area contributed by atoms with Crippen LogP contribution in [0.2, 0.25) is 0 Å². The molecule has 0 aliphatic heterocycles. The van der Waals surface area contributed by atoms with Crippen molar-refractivity contribution in [3.63, 3.8) is 0 Å². The SMILES string of the molecule is CCCCCCCOc1c(OC)cc(OC)cc1OC. The predicted octanol–water partition coefficient (Wildman–Crippen LogP) is 4.06. The van der Waals surface area contributed by atoms with Gasteiger partial charge in [0.05, 0.1) is 27.9 Å². The number of hydrogen-bond acceptors (Lipinski definition) is 4. The molecule has 20 heavy (non-hydrogen) atoms. The van der Waals surface area contributed by atoms with E-state index in [1.165, 1.54) is 25.7 Å². The van der Waals surface area contributed by atoms with Crippen LogP contribution in [0.25, 0.3) is 0 Å². The van der Waals surface area contributed by atoms with Gasteiger partial charge in [0.2, 0.25) is 5.75 Å². The number of rotatable bonds is 10. The van der Waals surface area contributed by atoms with E-state index < -0.39 is 0 Å². The van der Waals surface area contributed by atoms with Gasteiger partial charge in [-0.25, -0.2) is 0 Å². The van der Waals surface area contributed by atoms with Gasteiger partial charge in [0.25, 0.3) is 0 Å². The van der Waals surface area contributed by atoms with Gasteiger partial charge in [0.1, 0.15) is 5.75 Å². The van der Waals surface area contributed by atoms with E-state index in [2.05, 4.69) is 6.92 Å². The van der Waals surface area contributed by atoms with Gasteiger partial charge in [-0.1, -0.05) is 32.6 Å². The quantitative estimate of drug-likeness (QED) is 0.606. The highest BCUT2D eigenvalue weighted by atomic mass is 16.5. The minimum atomic E-state index is 0.634. The third-order valence-electron chi connectivity index (χ3n) is 3.16. The van der Waals surface area contributed by atoms with E-state index in [4.69, 9.17) is 18.9 Å². The van der Waals surface area contributed by atoms with E-state index in [1.54, 1.807) is 33.5 Å². The summed E-state index contributed by atoms with van der Waals surface area (Å²) in [6.45, 7) is 2.88. The van der Waals surface area contributed by atoms with Crippen LogP contribution in [0.15, 0.2) is 12.1 Å². The Labute approximate surface area is 122 Å². The van der Waals surface area contributed by atoms with Gasteiger partial charge < -0.3 is 18.9 Å². The second kappa shape index (κ2) is 9.34. The van der Waals surface area contributed by atoms with Crippen molar-refractivity contribution in [2.45, 2.75) is 39.0 Å². The summed E-state index contributed by atoms with van der Waals surface area (Å²) < 4.78 is 21.7. The zero-order valence-corrected chi connectivity index (χ0v) is 13.0. The largest absolute Gasteiger partial charge is 0.496 e. The van der Waals surface area contributed by atoms with Crippen molar-refractivity contribution in [1.29, 1.82) is 0 Å². The molecule has 0 heterocycles. The van der Waals surface area contributed by atoms with Gasteiger partial charge in [-0.15, -0.1) is 0 Å². The fraction of sp³-hybridized carbons (Fsp3) is 0.625. The molecule has 0 bridgehead atoms. The van der Waals surface area contributed by atoms with Crippen molar-refractivity contribution < 1.29 is 18.9 Å². The molecule has 0 atom stereocenters. The average molecular weight is 282 g/mol. The van der Waals surface area contributed by atoms with E-state index >= 15 is 0 Å². The first-order valence-corrected chi connectivity index (χ1v) is 7.19. The second-order valence-corrected chi connectivity index (χ2v) is 4.62. The third kappa shape index (κ3) is 4.83. The molecule has 0 saturated carbocycles. The molecule has 0 fully saturated rings. The highest BCUT2D eigenvalue weighted by Gasteiger charge is 2.14. The third-order valence-corrected chi connectivity index (χ3v) is 3.16. The van der Waals surface area contributed by atoms with Crippen molar-refractivity contribution in [2.24, 2.45) is 0 Å². The fourth-order valence-corrected chi connectivity index (χ4v) is 2.00. The zero-order chi connectivity index (χ0) is 14.8. The van der Waals surface area contributed by atoms with Crippen LogP contribution in [0.4, 0.5) is 0 Å². The molecule has 0 aliphatic carbocycles. The monoisotopic (exact) mass is 282 g/mol. The normalized spacial score (nSPS) is 10.2. The van der Waals surface area contributed by atoms with Crippen LogP contribution >= 0.6 is 0 Å². The van der Waals surface area contributed by atoms with Crippen molar-refractivity contribution in [3.05, 3.63) is 12.1 Å². The summed E-state index contributed by atoms with van der Waals surface area (Å²) in [7, 11) is 4.84. The van der Waals surface area contributed by atoms with Crippen molar-refractivity contribution in [3.8, 4) is 23.0 Å². The lowest BCUT2D eigenvalue weighted by Crippen LogP contribution is -2.02. The summed E-state index contributed by atoms with van der Waals surface area (Å²) in [5.74, 6) is 2.60. The highest BCUT2D eigenvalue weighted by molar-refractivity contribution is 5.55. The Morgan fingerprint density at radius 1 is 0.800 bits per heavy atom. The van der Waals surface area contributed by atoms with Crippen LogP contribution in [0.5, 0.6) is 23.0 Å². The minimum absolute atomic E-state index is 0.634. The standard InChI is InChI=1S/C16H26O4/c1-5-6-7-8-9-10-20-16-14(18-3)11-13(17-2)12-15(16)19-4/h11-12H,5-10H2,1-4H3. The molecule has 0 unspecified atom stereocenters. The van der Waals surface area contributed by atoms with Gasteiger partial charge in [-0.2, -0.15) is 0 Å². The molecular formula is C16H26O4. The van der Waals surface area contributed by atoms with E-state index in [-0.39, 0.29) is 0 Å². The van der Waals surface area contributed by atoms with E-state index in [1.807, 2.05) is 0 Å². The molecule has 1 rings (SSSR count). The first-order valence-electron chi connectivity index (χ1n) is 7.19. The lowest BCUT2D eigenvalue weighted by Gasteiger charge is -2.15. The number of methoxy groups -OCH3 is 3. The van der Waals surface area contributed by atoms with Gasteiger partial charge in [-0.3, -0.25) is 0 Å². The molecule has 0 saturated heterocycles. The molecule has 0 aliphatic rings. The second-order valence-electron chi connectivity index (χ2n) is 4.62. The molecule has 0 N–H and O–H groups in total. The number of benzene rings is 1. The maximum Gasteiger partial charge on any atom is 0.203 e. The average Bonchev–Trinajstić information content (AvgIpc) is 2.50. The van der Waals surface area contributed by atoms with Crippen molar-refractivity contribution >= 4 is 0 Å². The van der Waals surface area contributed by atoms with Gasteiger partial charge in [0.15, 0.2) is 11.5 Å². The maximum atomic E-state index is 5.82. The Hall–Kier alpha value is -1.58. The molecule has 1 aromatic rings. The first kappa shape index (κ1) is 16.5.